The first-order valence-electron chi connectivity index (χ1n) is 7.67. The number of carbonyl (C=O) groups excluding carboxylic acids is 1. The first-order chi connectivity index (χ1) is 12.2. The number of amides is 1. The average molecular weight is 332 g/mol. The molecule has 0 saturated carbocycles. The van der Waals surface area contributed by atoms with E-state index in [1.807, 2.05) is 30.3 Å². The predicted octanol–water partition coefficient (Wildman–Crippen LogP) is 4.02. The Hall–Kier alpha value is -3.54. The molecule has 0 unspecified atom stereocenters. The summed E-state index contributed by atoms with van der Waals surface area (Å²) in [6, 6.07) is 15.4. The lowest BCUT2D eigenvalue weighted by Gasteiger charge is -2.05. The lowest BCUT2D eigenvalue weighted by Crippen LogP contribution is -2.13. The minimum absolute atomic E-state index is 0.118. The number of pyridine rings is 1. The van der Waals surface area contributed by atoms with Crippen molar-refractivity contribution >= 4 is 22.5 Å². The molecule has 5 nitrogen and oxygen atoms in total. The standard InChI is InChI=1S/C19H13FN4O/c20-15-5-1-2-6-17(15)22-19(25)18-14-10-12(7-8-16(14)23-24-18)13-4-3-9-21-11-13/h1-11H,(H,22,25)(H,23,24). The largest absolute Gasteiger partial charge is 0.318 e. The van der Waals surface area contributed by atoms with Crippen molar-refractivity contribution in [1.29, 1.82) is 0 Å². The minimum atomic E-state index is -0.494. The fourth-order valence-electron chi connectivity index (χ4n) is 2.64. The number of hydrogen-bond acceptors (Lipinski definition) is 3. The molecule has 0 bridgehead atoms. The Labute approximate surface area is 142 Å². The molecule has 0 aliphatic heterocycles. The molecule has 0 aliphatic carbocycles. The van der Waals surface area contributed by atoms with Gasteiger partial charge in [0.1, 0.15) is 5.82 Å². The van der Waals surface area contributed by atoms with Gasteiger partial charge in [-0.15, -0.1) is 0 Å². The molecule has 6 heteroatoms. The van der Waals surface area contributed by atoms with Gasteiger partial charge in [0, 0.05) is 23.3 Å². The van der Waals surface area contributed by atoms with E-state index in [0.29, 0.717) is 5.39 Å². The molecule has 0 fully saturated rings. The second kappa shape index (κ2) is 6.16. The highest BCUT2D eigenvalue weighted by molar-refractivity contribution is 6.11. The number of aromatic nitrogens is 3. The van der Waals surface area contributed by atoms with Crippen LogP contribution in [0.2, 0.25) is 0 Å². The van der Waals surface area contributed by atoms with Crippen LogP contribution in [0.4, 0.5) is 10.1 Å². The highest BCUT2D eigenvalue weighted by atomic mass is 19.1. The maximum absolute atomic E-state index is 13.7. The number of nitrogens with zero attached hydrogens (tertiary/aromatic N) is 2. The molecule has 122 valence electrons. The number of anilines is 1. The van der Waals surface area contributed by atoms with Gasteiger partial charge >= 0.3 is 0 Å². The van der Waals surface area contributed by atoms with Crippen LogP contribution in [0.1, 0.15) is 10.5 Å². The third-order valence-electron chi connectivity index (χ3n) is 3.89. The van der Waals surface area contributed by atoms with Gasteiger partial charge in [-0.3, -0.25) is 14.9 Å². The van der Waals surface area contributed by atoms with Crippen LogP contribution in [0.15, 0.2) is 67.0 Å². The number of nitrogens with one attached hydrogen (secondary N) is 2. The summed E-state index contributed by atoms with van der Waals surface area (Å²) < 4.78 is 13.7. The summed E-state index contributed by atoms with van der Waals surface area (Å²) in [6.45, 7) is 0. The van der Waals surface area contributed by atoms with Gasteiger partial charge in [0.05, 0.1) is 11.2 Å². The highest BCUT2D eigenvalue weighted by Crippen LogP contribution is 2.25. The number of halogens is 1. The van der Waals surface area contributed by atoms with Crippen molar-refractivity contribution in [2.75, 3.05) is 5.32 Å². The van der Waals surface area contributed by atoms with E-state index in [9.17, 15) is 9.18 Å². The van der Waals surface area contributed by atoms with E-state index < -0.39 is 11.7 Å². The quantitative estimate of drug-likeness (QED) is 0.595. The molecule has 4 rings (SSSR count). The topological polar surface area (TPSA) is 70.7 Å². The predicted molar refractivity (Wildman–Crippen MR) is 93.7 cm³/mol. The number of carbonyl (C=O) groups is 1. The summed E-state index contributed by atoms with van der Waals surface area (Å²) in [5.74, 6) is -0.966. The first kappa shape index (κ1) is 15.0. The van der Waals surface area contributed by atoms with Crippen molar-refractivity contribution in [2.24, 2.45) is 0 Å². The molecule has 2 aromatic carbocycles. The third kappa shape index (κ3) is 2.85. The number of para-hydroxylation sites is 1. The van der Waals surface area contributed by atoms with Crippen molar-refractivity contribution < 1.29 is 9.18 Å². The first-order valence-corrected chi connectivity index (χ1v) is 7.67. The van der Waals surface area contributed by atoms with Crippen LogP contribution in [0.25, 0.3) is 22.0 Å². The Kier molecular flexibility index (Phi) is 3.70. The maximum Gasteiger partial charge on any atom is 0.276 e. The molecule has 0 atom stereocenters. The van der Waals surface area contributed by atoms with E-state index in [-0.39, 0.29) is 11.4 Å². The number of H-pyrrole nitrogens is 1. The van der Waals surface area contributed by atoms with Crippen LogP contribution in [0, 0.1) is 5.82 Å². The average Bonchev–Trinajstić information content (AvgIpc) is 3.07. The SMILES string of the molecule is O=C(Nc1ccccc1F)c1n[nH]c2ccc(-c3cccnc3)cc12. The zero-order chi connectivity index (χ0) is 17.2. The van der Waals surface area contributed by atoms with Crippen LogP contribution < -0.4 is 5.32 Å². The zero-order valence-corrected chi connectivity index (χ0v) is 13.0. The molecule has 25 heavy (non-hydrogen) atoms. The fourth-order valence-corrected chi connectivity index (χ4v) is 2.64. The molecule has 4 aromatic rings. The molecular formula is C19H13FN4O. The van der Waals surface area contributed by atoms with Gasteiger partial charge in [-0.05, 0) is 35.9 Å². The second-order valence-electron chi connectivity index (χ2n) is 5.51. The second-order valence-corrected chi connectivity index (χ2v) is 5.51. The van der Waals surface area contributed by atoms with Gasteiger partial charge < -0.3 is 5.32 Å². The maximum atomic E-state index is 13.7. The molecule has 1 amide bonds. The van der Waals surface area contributed by atoms with Gasteiger partial charge in [-0.1, -0.05) is 24.3 Å². The smallest absolute Gasteiger partial charge is 0.276 e. The molecule has 0 saturated heterocycles. The number of rotatable bonds is 3. The van der Waals surface area contributed by atoms with Crippen LogP contribution in [-0.4, -0.2) is 21.1 Å². The van der Waals surface area contributed by atoms with Crippen molar-refractivity contribution in [2.45, 2.75) is 0 Å². The van der Waals surface area contributed by atoms with Gasteiger partial charge in [0.15, 0.2) is 5.69 Å². The van der Waals surface area contributed by atoms with E-state index >= 15 is 0 Å². The van der Waals surface area contributed by atoms with E-state index in [4.69, 9.17) is 0 Å². The summed E-state index contributed by atoms with van der Waals surface area (Å²) in [4.78, 5) is 16.6. The fraction of sp³-hybridized carbons (Fsp3) is 0. The van der Waals surface area contributed by atoms with Gasteiger partial charge in [-0.25, -0.2) is 4.39 Å². The highest BCUT2D eigenvalue weighted by Gasteiger charge is 2.16. The Balaban J connectivity index is 1.72. The van der Waals surface area contributed by atoms with E-state index in [1.165, 1.54) is 12.1 Å². The van der Waals surface area contributed by atoms with Gasteiger partial charge in [0.25, 0.3) is 5.91 Å². The Morgan fingerprint density at radius 1 is 1.04 bits per heavy atom. The molecule has 0 aliphatic rings. The van der Waals surface area contributed by atoms with Crippen LogP contribution >= 0.6 is 0 Å². The van der Waals surface area contributed by atoms with Gasteiger partial charge in [-0.2, -0.15) is 5.10 Å². The van der Waals surface area contributed by atoms with E-state index in [0.717, 1.165) is 16.6 Å². The Bertz CT molecular complexity index is 1060. The summed E-state index contributed by atoms with van der Waals surface area (Å²) in [5, 5.41) is 10.1. The summed E-state index contributed by atoms with van der Waals surface area (Å²) in [7, 11) is 0. The number of hydrogen-bond donors (Lipinski definition) is 2. The molecule has 0 radical (unpaired) electrons. The normalized spacial score (nSPS) is 10.8. The molecule has 2 N–H and O–H groups in total. The lowest BCUT2D eigenvalue weighted by molar-refractivity contribution is 0.102. The number of fused-ring (bicyclic) bond motifs is 1. The molecular weight excluding hydrogens is 319 g/mol. The van der Waals surface area contributed by atoms with Crippen molar-refractivity contribution in [3.05, 3.63) is 78.5 Å². The minimum Gasteiger partial charge on any atom is -0.318 e. The van der Waals surface area contributed by atoms with E-state index in [1.54, 1.807) is 24.5 Å². The zero-order valence-electron chi connectivity index (χ0n) is 13.0. The summed E-state index contributed by atoms with van der Waals surface area (Å²) >= 11 is 0. The molecule has 2 heterocycles. The number of aromatic amines is 1. The number of benzene rings is 2. The van der Waals surface area contributed by atoms with Crippen LogP contribution in [-0.2, 0) is 0 Å². The monoisotopic (exact) mass is 332 g/mol. The molecule has 0 spiro atoms. The van der Waals surface area contributed by atoms with Crippen LogP contribution in [0.5, 0.6) is 0 Å². The Morgan fingerprint density at radius 2 is 1.92 bits per heavy atom. The summed E-state index contributed by atoms with van der Waals surface area (Å²) in [6.07, 6.45) is 3.45. The summed E-state index contributed by atoms with van der Waals surface area (Å²) in [5.41, 5.74) is 2.91. The van der Waals surface area contributed by atoms with Crippen molar-refractivity contribution in [3.8, 4) is 11.1 Å². The van der Waals surface area contributed by atoms with Crippen molar-refractivity contribution in [3.63, 3.8) is 0 Å². The lowest BCUT2D eigenvalue weighted by atomic mass is 10.0. The van der Waals surface area contributed by atoms with E-state index in [2.05, 4.69) is 20.5 Å². The third-order valence-corrected chi connectivity index (χ3v) is 3.89. The van der Waals surface area contributed by atoms with Crippen molar-refractivity contribution in [1.82, 2.24) is 15.2 Å². The van der Waals surface area contributed by atoms with Gasteiger partial charge in [0.2, 0.25) is 0 Å². The Morgan fingerprint density at radius 3 is 2.72 bits per heavy atom. The van der Waals surface area contributed by atoms with Crippen LogP contribution in [0.3, 0.4) is 0 Å². The molecule has 2 aromatic heterocycles.